The number of hydrogen-bond donors (Lipinski definition) is 2. The molecular formula is C26H32N8O5S2. The molecule has 4 aromatic heterocycles. The number of piperidine rings is 1. The first-order chi connectivity index (χ1) is 19.5. The molecule has 1 aliphatic heterocycles. The second-order valence-electron chi connectivity index (χ2n) is 10.1. The van der Waals surface area contributed by atoms with Crippen LogP contribution in [-0.2, 0) is 4.74 Å². The van der Waals surface area contributed by atoms with Gasteiger partial charge in [-0.3, -0.25) is 4.79 Å². The maximum absolute atomic E-state index is 12.7. The summed E-state index contributed by atoms with van der Waals surface area (Å²) in [6.45, 7) is 6.60. The largest absolute Gasteiger partial charge is 0.476 e. The number of carbonyl (C=O) groups is 3. The number of rotatable bonds is 5. The van der Waals surface area contributed by atoms with Gasteiger partial charge in [-0.25, -0.2) is 29.5 Å². The van der Waals surface area contributed by atoms with Gasteiger partial charge in [0.2, 0.25) is 0 Å². The van der Waals surface area contributed by atoms with E-state index in [2.05, 4.69) is 25.3 Å². The normalized spacial score (nSPS) is 15.3. The number of fused-ring (bicyclic) bond motifs is 2. The molecule has 0 saturated carbocycles. The highest BCUT2D eigenvalue weighted by Crippen LogP contribution is 2.20. The molecule has 41 heavy (non-hydrogen) atoms. The van der Waals surface area contributed by atoms with Crippen molar-refractivity contribution in [3.05, 3.63) is 48.6 Å². The van der Waals surface area contributed by atoms with Crippen molar-refractivity contribution in [2.24, 2.45) is 0 Å². The molecule has 1 atom stereocenters. The van der Waals surface area contributed by atoms with Crippen LogP contribution < -0.4 is 5.32 Å². The van der Waals surface area contributed by atoms with Crippen LogP contribution in [0.1, 0.15) is 54.6 Å². The fourth-order valence-electron chi connectivity index (χ4n) is 4.14. The number of carboxylic acid groups (broad SMARTS) is 1. The molecule has 15 heteroatoms. The lowest BCUT2D eigenvalue weighted by atomic mass is 10.1. The van der Waals surface area contributed by atoms with E-state index in [0.29, 0.717) is 34.5 Å². The lowest BCUT2D eigenvalue weighted by Crippen LogP contribution is -2.50. The zero-order valence-corrected chi connectivity index (χ0v) is 25.0. The first kappa shape index (κ1) is 30.1. The molecule has 0 aromatic carbocycles. The number of aromatic nitrogens is 6. The van der Waals surface area contributed by atoms with Crippen LogP contribution in [0.3, 0.4) is 0 Å². The fourth-order valence-corrected chi connectivity index (χ4v) is 5.20. The summed E-state index contributed by atoms with van der Waals surface area (Å²) in [6, 6.07) is -0.128. The molecule has 1 unspecified atom stereocenters. The minimum absolute atomic E-state index is 0.0276. The molecule has 2 N–H and O–H groups in total. The van der Waals surface area contributed by atoms with E-state index in [0.717, 1.165) is 18.5 Å². The van der Waals surface area contributed by atoms with Gasteiger partial charge in [0, 0.05) is 56.3 Å². The lowest BCUT2D eigenvalue weighted by Gasteiger charge is -2.34. The van der Waals surface area contributed by atoms with Gasteiger partial charge >= 0.3 is 12.1 Å². The van der Waals surface area contributed by atoms with Crippen molar-refractivity contribution in [1.29, 1.82) is 0 Å². The Balaban J connectivity index is 0.000000231. The smallest absolute Gasteiger partial charge is 0.410 e. The molecule has 0 spiro atoms. The molecule has 2 amide bonds. The third-order valence-corrected chi connectivity index (χ3v) is 7.25. The molecule has 13 nitrogen and oxygen atoms in total. The number of hydrogen-bond acceptors (Lipinski definition) is 10. The maximum Gasteiger partial charge on any atom is 0.410 e. The molecule has 4 aromatic rings. The van der Waals surface area contributed by atoms with Gasteiger partial charge in [-0.2, -0.15) is 0 Å². The predicted octanol–water partition coefficient (Wildman–Crippen LogP) is 3.73. The summed E-state index contributed by atoms with van der Waals surface area (Å²) in [5.41, 5.74) is 1.24. The molecule has 1 fully saturated rings. The number of nitrogens with zero attached hydrogens (tertiary/aromatic N) is 7. The maximum atomic E-state index is 12.7. The number of aromatic carboxylic acids is 1. The van der Waals surface area contributed by atoms with Gasteiger partial charge in [0.05, 0.1) is 0 Å². The van der Waals surface area contributed by atoms with Gasteiger partial charge < -0.3 is 28.9 Å². The molecule has 0 radical (unpaired) electrons. The average molecular weight is 601 g/mol. The number of nitrogens with one attached hydrogen (secondary N) is 1. The minimum Gasteiger partial charge on any atom is -0.476 e. The van der Waals surface area contributed by atoms with E-state index >= 15 is 0 Å². The Morgan fingerprint density at radius 2 is 1.54 bits per heavy atom. The second kappa shape index (κ2) is 12.8. The Labute approximate surface area is 245 Å². The van der Waals surface area contributed by atoms with Gasteiger partial charge in [-0.15, -0.1) is 23.5 Å². The fraction of sp³-hybridized carbons (Fsp3) is 0.423. The highest BCUT2D eigenvalue weighted by molar-refractivity contribution is 7.98. The minimum atomic E-state index is -1.03. The lowest BCUT2D eigenvalue weighted by molar-refractivity contribution is 0.0185. The Bertz CT molecular complexity index is 1560. The molecular weight excluding hydrogens is 568 g/mol. The van der Waals surface area contributed by atoms with E-state index in [1.54, 1.807) is 44.7 Å². The second-order valence-corrected chi connectivity index (χ2v) is 11.7. The van der Waals surface area contributed by atoms with Crippen molar-refractivity contribution >= 4 is 52.8 Å². The van der Waals surface area contributed by atoms with Crippen LogP contribution in [0.4, 0.5) is 4.79 Å². The van der Waals surface area contributed by atoms with Gasteiger partial charge in [0.15, 0.2) is 17.0 Å². The van der Waals surface area contributed by atoms with Gasteiger partial charge in [-0.1, -0.05) is 0 Å². The Hall–Kier alpha value is -3.85. The van der Waals surface area contributed by atoms with Crippen LogP contribution >= 0.6 is 23.5 Å². The summed E-state index contributed by atoms with van der Waals surface area (Å²) < 4.78 is 8.88. The van der Waals surface area contributed by atoms with Gasteiger partial charge in [-0.05, 0) is 46.1 Å². The number of likely N-dealkylation sites (tertiary alicyclic amines) is 1. The number of carbonyl (C=O) groups excluding carboxylic acids is 2. The number of imidazole rings is 2. The highest BCUT2D eigenvalue weighted by Gasteiger charge is 2.29. The van der Waals surface area contributed by atoms with Gasteiger partial charge in [0.1, 0.15) is 21.3 Å². The van der Waals surface area contributed by atoms with Crippen molar-refractivity contribution in [1.82, 2.24) is 39.0 Å². The van der Waals surface area contributed by atoms with E-state index in [1.807, 2.05) is 33.3 Å². The first-order valence-corrected chi connectivity index (χ1v) is 15.2. The van der Waals surface area contributed by atoms with Crippen molar-refractivity contribution < 1.29 is 24.2 Å². The molecule has 5 heterocycles. The standard InChI is InChI=1S/C18H25N5O3S.C8H7N3O2S/c1-18(2,3)26-17(25)23-8-5-6-12(10-23)20-15(24)13-11-22-9-7-19-14(22)16(21-13)27-4;1-14-7-6-9-2-3-11(6)4-5(10-7)8(12)13/h7,9,11-12H,5-6,8,10H2,1-4H3,(H,20,24);2-4H,1H3,(H,12,13). The van der Waals surface area contributed by atoms with E-state index in [1.165, 1.54) is 29.7 Å². The van der Waals surface area contributed by atoms with Crippen molar-refractivity contribution in [3.8, 4) is 0 Å². The quantitative estimate of drug-likeness (QED) is 0.322. The molecule has 5 rings (SSSR count). The zero-order valence-electron chi connectivity index (χ0n) is 23.4. The zero-order chi connectivity index (χ0) is 29.7. The van der Waals surface area contributed by atoms with Crippen LogP contribution in [0.5, 0.6) is 0 Å². The van der Waals surface area contributed by atoms with E-state index in [-0.39, 0.29) is 23.7 Å². The third kappa shape index (κ3) is 7.47. The third-order valence-electron chi connectivity index (χ3n) is 5.93. The summed E-state index contributed by atoms with van der Waals surface area (Å²) in [6.07, 6.45) is 14.9. The highest BCUT2D eigenvalue weighted by atomic mass is 32.2. The number of amides is 2. The van der Waals surface area contributed by atoms with Crippen molar-refractivity contribution in [2.75, 3.05) is 25.6 Å². The molecule has 0 aliphatic carbocycles. The van der Waals surface area contributed by atoms with E-state index < -0.39 is 11.6 Å². The Morgan fingerprint density at radius 3 is 2.07 bits per heavy atom. The van der Waals surface area contributed by atoms with Crippen LogP contribution in [0.2, 0.25) is 0 Å². The molecule has 0 bridgehead atoms. The monoisotopic (exact) mass is 600 g/mol. The summed E-state index contributed by atoms with van der Waals surface area (Å²) in [4.78, 5) is 54.1. The average Bonchev–Trinajstić information content (AvgIpc) is 3.61. The van der Waals surface area contributed by atoms with Crippen molar-refractivity contribution in [3.63, 3.8) is 0 Å². The van der Waals surface area contributed by atoms with Crippen LogP contribution in [0.25, 0.3) is 11.3 Å². The van der Waals surface area contributed by atoms with E-state index in [4.69, 9.17) is 9.84 Å². The summed E-state index contributed by atoms with van der Waals surface area (Å²) >= 11 is 2.82. The van der Waals surface area contributed by atoms with E-state index in [9.17, 15) is 14.4 Å². The molecule has 218 valence electrons. The van der Waals surface area contributed by atoms with Crippen LogP contribution in [0.15, 0.2) is 47.2 Å². The summed E-state index contributed by atoms with van der Waals surface area (Å²) in [7, 11) is 0. The van der Waals surface area contributed by atoms with Crippen LogP contribution in [0, 0.1) is 0 Å². The first-order valence-electron chi connectivity index (χ1n) is 12.8. The topological polar surface area (TPSA) is 156 Å². The number of thioether (sulfide) groups is 2. The number of ether oxygens (including phenoxy) is 1. The number of carboxylic acids is 1. The predicted molar refractivity (Wildman–Crippen MR) is 155 cm³/mol. The molecule has 1 saturated heterocycles. The Kier molecular flexibility index (Phi) is 9.38. The summed E-state index contributed by atoms with van der Waals surface area (Å²) in [5.74, 6) is -1.28. The van der Waals surface area contributed by atoms with Crippen LogP contribution in [-0.4, -0.2) is 94.0 Å². The SMILES string of the molecule is CSc1nc(C(=O)NC2CCCN(C(=O)OC(C)(C)C)C2)cn2ccnc12.CSc1nc(C(=O)O)cn2ccnc12. The molecule has 1 aliphatic rings. The van der Waals surface area contributed by atoms with Crippen molar-refractivity contribution in [2.45, 2.75) is 55.3 Å². The summed E-state index contributed by atoms with van der Waals surface area (Å²) in [5, 5.41) is 13.1. The Morgan fingerprint density at radius 1 is 0.976 bits per heavy atom. The van der Waals surface area contributed by atoms with Gasteiger partial charge in [0.25, 0.3) is 5.91 Å².